The quantitative estimate of drug-likeness (QED) is 0.896. The molecule has 0 aliphatic carbocycles. The van der Waals surface area contributed by atoms with Crippen LogP contribution < -0.4 is 0 Å². The Morgan fingerprint density at radius 1 is 1.32 bits per heavy atom. The number of benzene rings is 1. The van der Waals surface area contributed by atoms with Crippen LogP contribution in [0, 0.1) is 0 Å². The zero-order valence-electron chi connectivity index (χ0n) is 14.1. The Morgan fingerprint density at radius 3 is 2.50 bits per heavy atom. The van der Waals surface area contributed by atoms with E-state index >= 15 is 0 Å². The minimum Gasteiger partial charge on any atom is -0.508 e. The molecule has 1 aromatic carbocycles. The third-order valence-electron chi connectivity index (χ3n) is 4.09. The highest BCUT2D eigenvalue weighted by atomic mass is 16.6. The fraction of sp³-hybridized carbons (Fsp3) is 0.611. The lowest BCUT2D eigenvalue weighted by atomic mass is 9.86. The predicted molar refractivity (Wildman–Crippen MR) is 87.3 cm³/mol. The lowest BCUT2D eigenvalue weighted by Gasteiger charge is -2.34. The molecule has 0 atom stereocenters. The van der Waals surface area contributed by atoms with Gasteiger partial charge in [-0.05, 0) is 69.2 Å². The lowest BCUT2D eigenvalue weighted by Crippen LogP contribution is -2.41. The number of carbonyl (C=O) groups excluding carboxylic acids is 1. The van der Waals surface area contributed by atoms with Crippen molar-refractivity contribution in [1.29, 1.82) is 0 Å². The van der Waals surface area contributed by atoms with Gasteiger partial charge in [0.2, 0.25) is 0 Å². The molecule has 1 saturated heterocycles. The summed E-state index contributed by atoms with van der Waals surface area (Å²) >= 11 is 0. The van der Waals surface area contributed by atoms with Gasteiger partial charge in [0.25, 0.3) is 0 Å². The van der Waals surface area contributed by atoms with Crippen LogP contribution in [0.3, 0.4) is 0 Å². The Balaban J connectivity index is 1.99. The van der Waals surface area contributed by atoms with Gasteiger partial charge >= 0.3 is 6.09 Å². The van der Waals surface area contributed by atoms with Gasteiger partial charge in [-0.15, -0.1) is 0 Å². The number of ether oxygens (including phenoxy) is 1. The Kier molecular flexibility index (Phi) is 4.99. The van der Waals surface area contributed by atoms with E-state index in [0.717, 1.165) is 32.4 Å². The number of hydrogen-bond donors (Lipinski definition) is 1. The van der Waals surface area contributed by atoms with Gasteiger partial charge in [-0.25, -0.2) is 4.79 Å². The van der Waals surface area contributed by atoms with Crippen LogP contribution in [0.15, 0.2) is 18.2 Å². The molecule has 1 heterocycles. The number of rotatable bonds is 2. The molecule has 1 amide bonds. The molecule has 1 N–H and O–H groups in total. The molecule has 0 saturated carbocycles. The molecule has 1 aromatic rings. The third-order valence-corrected chi connectivity index (χ3v) is 4.09. The molecule has 0 aromatic heterocycles. The number of hydrogen-bond acceptors (Lipinski definition) is 3. The Labute approximate surface area is 133 Å². The number of carbonyl (C=O) groups is 1. The average Bonchev–Trinajstić information content (AvgIpc) is 2.45. The minimum atomic E-state index is -0.444. The van der Waals surface area contributed by atoms with Gasteiger partial charge in [0.15, 0.2) is 0 Å². The van der Waals surface area contributed by atoms with Crippen LogP contribution in [0.5, 0.6) is 5.75 Å². The highest BCUT2D eigenvalue weighted by molar-refractivity contribution is 5.68. The maximum atomic E-state index is 12.1. The maximum Gasteiger partial charge on any atom is 0.410 e. The summed E-state index contributed by atoms with van der Waals surface area (Å²) in [5.41, 5.74) is 2.07. The second-order valence-corrected chi connectivity index (χ2v) is 6.98. The normalized spacial score (nSPS) is 16.6. The fourth-order valence-electron chi connectivity index (χ4n) is 3.00. The van der Waals surface area contributed by atoms with Gasteiger partial charge in [0.1, 0.15) is 11.4 Å². The van der Waals surface area contributed by atoms with Gasteiger partial charge in [-0.3, -0.25) is 0 Å². The van der Waals surface area contributed by atoms with Crippen LogP contribution in [0.4, 0.5) is 4.79 Å². The number of phenolic OH excluding ortho intramolecular Hbond substituents is 1. The molecule has 4 nitrogen and oxygen atoms in total. The van der Waals surface area contributed by atoms with Crippen molar-refractivity contribution < 1.29 is 14.6 Å². The molecule has 1 fully saturated rings. The van der Waals surface area contributed by atoms with E-state index in [4.69, 9.17) is 4.74 Å². The highest BCUT2D eigenvalue weighted by Gasteiger charge is 2.28. The molecule has 122 valence electrons. The van der Waals surface area contributed by atoms with Crippen molar-refractivity contribution >= 4 is 6.09 Å². The first-order chi connectivity index (χ1) is 10.3. The molecule has 0 unspecified atom stereocenters. The number of amides is 1. The third kappa shape index (κ3) is 4.15. The predicted octanol–water partition coefficient (Wildman–Crippen LogP) is 4.07. The van der Waals surface area contributed by atoms with Crippen molar-refractivity contribution in [3.8, 4) is 5.75 Å². The molecule has 1 aliphatic heterocycles. The highest BCUT2D eigenvalue weighted by Crippen LogP contribution is 2.32. The molecule has 4 heteroatoms. The zero-order chi connectivity index (χ0) is 16.3. The molecule has 1 aliphatic rings. The van der Waals surface area contributed by atoms with Crippen molar-refractivity contribution in [3.63, 3.8) is 0 Å². The number of nitrogens with zero attached hydrogens (tertiary/aromatic N) is 1. The molecule has 22 heavy (non-hydrogen) atoms. The van der Waals surface area contributed by atoms with Crippen LogP contribution in [0.25, 0.3) is 0 Å². The van der Waals surface area contributed by atoms with Gasteiger partial charge in [-0.2, -0.15) is 0 Å². The number of aromatic hydroxyl groups is 1. The van der Waals surface area contributed by atoms with Crippen molar-refractivity contribution in [2.45, 2.75) is 58.5 Å². The summed E-state index contributed by atoms with van der Waals surface area (Å²) in [6.07, 6.45) is 2.58. The smallest absolute Gasteiger partial charge is 0.410 e. The van der Waals surface area contributed by atoms with E-state index in [-0.39, 0.29) is 6.09 Å². The number of piperidine rings is 1. The van der Waals surface area contributed by atoms with Crippen molar-refractivity contribution in [1.82, 2.24) is 4.90 Å². The van der Waals surface area contributed by atoms with Gasteiger partial charge in [0.05, 0.1) is 0 Å². The Hall–Kier alpha value is -1.71. The molecule has 0 bridgehead atoms. The first-order valence-electron chi connectivity index (χ1n) is 8.10. The van der Waals surface area contributed by atoms with E-state index in [1.54, 1.807) is 11.0 Å². The van der Waals surface area contributed by atoms with Crippen molar-refractivity contribution in [3.05, 3.63) is 29.3 Å². The fourth-order valence-corrected chi connectivity index (χ4v) is 3.00. The summed E-state index contributed by atoms with van der Waals surface area (Å²) < 4.78 is 5.43. The Morgan fingerprint density at radius 2 is 1.95 bits per heavy atom. The lowest BCUT2D eigenvalue weighted by molar-refractivity contribution is 0.0204. The molecule has 2 rings (SSSR count). The van der Waals surface area contributed by atoms with Gasteiger partial charge in [-0.1, -0.05) is 13.0 Å². The van der Waals surface area contributed by atoms with Crippen molar-refractivity contribution in [2.24, 2.45) is 0 Å². The maximum absolute atomic E-state index is 12.1. The number of aryl methyl sites for hydroxylation is 1. The second-order valence-electron chi connectivity index (χ2n) is 6.98. The largest absolute Gasteiger partial charge is 0.508 e. The van der Waals surface area contributed by atoms with Gasteiger partial charge in [0, 0.05) is 13.1 Å². The summed E-state index contributed by atoms with van der Waals surface area (Å²) in [7, 11) is 0. The molecular weight excluding hydrogens is 278 g/mol. The standard InChI is InChI=1S/C18H27NO3/c1-5-13-12-15(20)6-7-16(13)14-8-10-19(11-9-14)17(21)22-18(2,3)4/h6-7,12,14,20H,5,8-11H2,1-4H3. The summed E-state index contributed by atoms with van der Waals surface area (Å²) in [4.78, 5) is 13.9. The van der Waals surface area contributed by atoms with Gasteiger partial charge < -0.3 is 14.7 Å². The van der Waals surface area contributed by atoms with E-state index in [1.807, 2.05) is 32.9 Å². The minimum absolute atomic E-state index is 0.215. The van der Waals surface area contributed by atoms with Crippen molar-refractivity contribution in [2.75, 3.05) is 13.1 Å². The SMILES string of the molecule is CCc1cc(O)ccc1C1CCN(C(=O)OC(C)(C)C)CC1. The number of phenols is 1. The average molecular weight is 305 g/mol. The topological polar surface area (TPSA) is 49.8 Å². The second kappa shape index (κ2) is 6.59. The van der Waals surface area contributed by atoms with E-state index in [0.29, 0.717) is 11.7 Å². The van der Waals surface area contributed by atoms with E-state index in [1.165, 1.54) is 11.1 Å². The Bertz CT molecular complexity index is 526. The van der Waals surface area contributed by atoms with Crippen LogP contribution in [0.1, 0.15) is 57.6 Å². The first-order valence-corrected chi connectivity index (χ1v) is 8.10. The molecule has 0 radical (unpaired) electrons. The summed E-state index contributed by atoms with van der Waals surface area (Å²) in [5.74, 6) is 0.779. The van der Waals surface area contributed by atoms with Crippen LogP contribution >= 0.6 is 0 Å². The summed E-state index contributed by atoms with van der Waals surface area (Å²) in [5, 5.41) is 9.62. The van der Waals surface area contributed by atoms with Crippen LogP contribution in [-0.2, 0) is 11.2 Å². The van der Waals surface area contributed by atoms with Crippen LogP contribution in [0.2, 0.25) is 0 Å². The van der Waals surface area contributed by atoms with E-state index in [9.17, 15) is 9.90 Å². The molecular formula is C18H27NO3. The summed E-state index contributed by atoms with van der Waals surface area (Å²) in [6.45, 7) is 9.23. The van der Waals surface area contributed by atoms with Crippen LogP contribution in [-0.4, -0.2) is 34.8 Å². The monoisotopic (exact) mass is 305 g/mol. The molecule has 0 spiro atoms. The summed E-state index contributed by atoms with van der Waals surface area (Å²) in [6, 6.07) is 5.65. The van der Waals surface area contributed by atoms with E-state index < -0.39 is 5.60 Å². The zero-order valence-corrected chi connectivity index (χ0v) is 14.1. The number of likely N-dealkylation sites (tertiary alicyclic amines) is 1. The first kappa shape index (κ1) is 16.7. The van der Waals surface area contributed by atoms with E-state index in [2.05, 4.69) is 6.92 Å².